The van der Waals surface area contributed by atoms with Gasteiger partial charge < -0.3 is 10.2 Å². The smallest absolute Gasteiger partial charge is 0.255 e. The van der Waals surface area contributed by atoms with Crippen LogP contribution in [0.1, 0.15) is 53.6 Å². The van der Waals surface area contributed by atoms with E-state index in [-0.39, 0.29) is 29.7 Å². The van der Waals surface area contributed by atoms with E-state index in [1.54, 1.807) is 4.90 Å². The highest BCUT2D eigenvalue weighted by molar-refractivity contribution is 6.05. The number of rotatable bonds is 4. The molecule has 1 aliphatic carbocycles. The minimum atomic E-state index is -0.557. The Labute approximate surface area is 170 Å². The van der Waals surface area contributed by atoms with E-state index in [0.29, 0.717) is 13.0 Å². The van der Waals surface area contributed by atoms with Gasteiger partial charge in [0.05, 0.1) is 0 Å². The fourth-order valence-corrected chi connectivity index (χ4v) is 5.88. The Morgan fingerprint density at radius 2 is 2.10 bits per heavy atom. The Morgan fingerprint density at radius 1 is 1.24 bits per heavy atom. The maximum atomic E-state index is 13.3. The van der Waals surface area contributed by atoms with Gasteiger partial charge in [-0.2, -0.15) is 0 Å². The highest BCUT2D eigenvalue weighted by atomic mass is 16.2. The summed E-state index contributed by atoms with van der Waals surface area (Å²) in [5.74, 6) is 0.0406. The summed E-state index contributed by atoms with van der Waals surface area (Å²) in [6.45, 7) is 3.29. The second-order valence-electron chi connectivity index (χ2n) is 9.16. The van der Waals surface area contributed by atoms with Gasteiger partial charge in [-0.3, -0.25) is 24.6 Å². The molecule has 1 aromatic rings. The molecular formula is C22H28N4O3. The zero-order chi connectivity index (χ0) is 20.2. The molecule has 3 atom stereocenters. The number of piperidine rings is 2. The van der Waals surface area contributed by atoms with Gasteiger partial charge in [0.1, 0.15) is 6.04 Å². The lowest BCUT2D eigenvalue weighted by Gasteiger charge is -2.40. The number of imide groups is 1. The van der Waals surface area contributed by atoms with Crippen molar-refractivity contribution in [3.63, 3.8) is 0 Å². The fourth-order valence-electron chi connectivity index (χ4n) is 5.88. The molecule has 154 valence electrons. The van der Waals surface area contributed by atoms with Crippen molar-refractivity contribution in [1.82, 2.24) is 20.4 Å². The topological polar surface area (TPSA) is 81.8 Å². The molecule has 7 nitrogen and oxygen atoms in total. The molecule has 0 radical (unpaired) electrons. The quantitative estimate of drug-likeness (QED) is 0.743. The Balaban J connectivity index is 1.37. The van der Waals surface area contributed by atoms with Crippen LogP contribution in [0.15, 0.2) is 18.2 Å². The van der Waals surface area contributed by atoms with Crippen molar-refractivity contribution in [2.75, 3.05) is 20.1 Å². The number of benzene rings is 1. The first kappa shape index (κ1) is 18.8. The minimum absolute atomic E-state index is 0.0755. The molecule has 3 aliphatic heterocycles. The number of likely N-dealkylation sites (tertiary alicyclic amines) is 1. The van der Waals surface area contributed by atoms with Crippen molar-refractivity contribution < 1.29 is 14.4 Å². The molecule has 4 aliphatic rings. The number of amides is 3. The van der Waals surface area contributed by atoms with Crippen LogP contribution >= 0.6 is 0 Å². The summed E-state index contributed by atoms with van der Waals surface area (Å²) in [6.07, 6.45) is 4.42. The van der Waals surface area contributed by atoms with E-state index in [4.69, 9.17) is 0 Å². The summed E-state index contributed by atoms with van der Waals surface area (Å²) in [7, 11) is 2.06. The minimum Gasteiger partial charge on any atom is -0.322 e. The third kappa shape index (κ3) is 3.16. The van der Waals surface area contributed by atoms with Crippen molar-refractivity contribution in [2.24, 2.45) is 5.92 Å². The van der Waals surface area contributed by atoms with Crippen LogP contribution in [0.4, 0.5) is 0 Å². The molecule has 2 bridgehead atoms. The molecule has 1 saturated carbocycles. The largest absolute Gasteiger partial charge is 0.322 e. The molecule has 3 unspecified atom stereocenters. The average molecular weight is 396 g/mol. The summed E-state index contributed by atoms with van der Waals surface area (Å²) in [6, 6.07) is 5.49. The van der Waals surface area contributed by atoms with Crippen LogP contribution in [0.3, 0.4) is 0 Å². The van der Waals surface area contributed by atoms with Crippen molar-refractivity contribution in [2.45, 2.75) is 56.8 Å². The average Bonchev–Trinajstić information content (AvgIpc) is 3.19. The van der Waals surface area contributed by atoms with Crippen LogP contribution in [0, 0.1) is 5.92 Å². The molecule has 2 saturated heterocycles. The predicted molar refractivity (Wildman–Crippen MR) is 107 cm³/mol. The molecule has 7 heteroatoms. The number of fused-ring (bicyclic) bond motifs is 3. The molecule has 0 spiro atoms. The SMILES string of the molecule is CNC12CCC(CN(Cc3cccc4c3C(=O)N(C3CCC(=O)NC3=O)C4)C1)C2. The number of likely N-dealkylation sites (N-methyl/N-ethyl adjacent to an activating group) is 1. The monoisotopic (exact) mass is 396 g/mol. The number of nitrogens with one attached hydrogen (secondary N) is 2. The van der Waals surface area contributed by atoms with Gasteiger partial charge in [0.15, 0.2) is 0 Å². The second kappa shape index (κ2) is 6.92. The molecule has 5 rings (SSSR count). The van der Waals surface area contributed by atoms with Gasteiger partial charge in [-0.15, -0.1) is 0 Å². The van der Waals surface area contributed by atoms with E-state index in [2.05, 4.69) is 22.6 Å². The van der Waals surface area contributed by atoms with Crippen LogP contribution < -0.4 is 10.6 Å². The first-order valence-electron chi connectivity index (χ1n) is 10.6. The third-order valence-corrected chi connectivity index (χ3v) is 7.32. The third-order valence-electron chi connectivity index (χ3n) is 7.32. The van der Waals surface area contributed by atoms with E-state index in [9.17, 15) is 14.4 Å². The van der Waals surface area contributed by atoms with Crippen molar-refractivity contribution in [3.8, 4) is 0 Å². The molecule has 29 heavy (non-hydrogen) atoms. The molecule has 2 N–H and O–H groups in total. The Hall–Kier alpha value is -2.25. The maximum Gasteiger partial charge on any atom is 0.255 e. The summed E-state index contributed by atoms with van der Waals surface area (Å²) in [5, 5.41) is 5.93. The summed E-state index contributed by atoms with van der Waals surface area (Å²) in [4.78, 5) is 41.2. The van der Waals surface area contributed by atoms with E-state index in [1.165, 1.54) is 19.3 Å². The molecule has 0 aromatic heterocycles. The highest BCUT2D eigenvalue weighted by Crippen LogP contribution is 2.40. The van der Waals surface area contributed by atoms with E-state index in [1.807, 2.05) is 18.2 Å². The van der Waals surface area contributed by atoms with Crippen molar-refractivity contribution >= 4 is 17.7 Å². The van der Waals surface area contributed by atoms with Crippen LogP contribution in [-0.2, 0) is 22.7 Å². The van der Waals surface area contributed by atoms with Gasteiger partial charge in [-0.05, 0) is 49.8 Å². The fraction of sp³-hybridized carbons (Fsp3) is 0.591. The molecule has 3 heterocycles. The Bertz CT molecular complexity index is 885. The first-order valence-corrected chi connectivity index (χ1v) is 10.6. The van der Waals surface area contributed by atoms with Gasteiger partial charge in [0.25, 0.3) is 5.91 Å². The van der Waals surface area contributed by atoms with Gasteiger partial charge in [0, 0.05) is 43.7 Å². The van der Waals surface area contributed by atoms with Crippen molar-refractivity contribution in [1.29, 1.82) is 0 Å². The molecular weight excluding hydrogens is 368 g/mol. The lowest BCUT2D eigenvalue weighted by atomic mass is 9.90. The first-order chi connectivity index (χ1) is 14.0. The van der Waals surface area contributed by atoms with Crippen molar-refractivity contribution in [3.05, 3.63) is 34.9 Å². The molecule has 3 fully saturated rings. The number of carbonyl (C=O) groups excluding carboxylic acids is 3. The zero-order valence-corrected chi connectivity index (χ0v) is 16.9. The zero-order valence-electron chi connectivity index (χ0n) is 16.9. The van der Waals surface area contributed by atoms with Crippen LogP contribution in [0.5, 0.6) is 0 Å². The maximum absolute atomic E-state index is 13.3. The van der Waals surface area contributed by atoms with Gasteiger partial charge >= 0.3 is 0 Å². The van der Waals surface area contributed by atoms with E-state index in [0.717, 1.165) is 42.2 Å². The highest BCUT2D eigenvalue weighted by Gasteiger charge is 2.44. The second-order valence-corrected chi connectivity index (χ2v) is 9.16. The summed E-state index contributed by atoms with van der Waals surface area (Å²) >= 11 is 0. The van der Waals surface area contributed by atoms with Crippen LogP contribution in [-0.4, -0.2) is 59.2 Å². The Morgan fingerprint density at radius 3 is 2.90 bits per heavy atom. The van der Waals surface area contributed by atoms with Crippen LogP contribution in [0.25, 0.3) is 0 Å². The van der Waals surface area contributed by atoms with E-state index >= 15 is 0 Å². The standard InChI is InChI=1S/C22H28N4O3/c1-23-22-8-7-14(9-22)10-25(13-22)11-15-3-2-4-16-12-26(21(29)19(15)16)17-5-6-18(27)24-20(17)28/h2-4,14,17,23H,5-13H2,1H3,(H,24,27,28). The lowest BCUT2D eigenvalue weighted by molar-refractivity contribution is -0.136. The predicted octanol–water partition coefficient (Wildman–Crippen LogP) is 1.02. The molecule has 3 amide bonds. The number of hydrogen-bond acceptors (Lipinski definition) is 5. The Kier molecular flexibility index (Phi) is 4.47. The normalized spacial score (nSPS) is 31.9. The van der Waals surface area contributed by atoms with Crippen LogP contribution in [0.2, 0.25) is 0 Å². The number of carbonyl (C=O) groups is 3. The summed E-state index contributed by atoms with van der Waals surface area (Å²) in [5.41, 5.74) is 3.01. The summed E-state index contributed by atoms with van der Waals surface area (Å²) < 4.78 is 0. The number of hydrogen-bond donors (Lipinski definition) is 2. The van der Waals surface area contributed by atoms with Gasteiger partial charge in [-0.25, -0.2) is 0 Å². The van der Waals surface area contributed by atoms with E-state index < -0.39 is 6.04 Å². The lowest BCUT2D eigenvalue weighted by Crippen LogP contribution is -2.54. The number of nitrogens with zero attached hydrogens (tertiary/aromatic N) is 2. The molecule has 1 aromatic carbocycles. The van der Waals surface area contributed by atoms with Gasteiger partial charge in [-0.1, -0.05) is 18.2 Å². The van der Waals surface area contributed by atoms with Gasteiger partial charge in [0.2, 0.25) is 11.8 Å².